The topological polar surface area (TPSA) is 95.1 Å². The molecule has 0 bridgehead atoms. The van der Waals surface area contributed by atoms with E-state index < -0.39 is 5.91 Å². The minimum Gasteiger partial charge on any atom is -0.493 e. The summed E-state index contributed by atoms with van der Waals surface area (Å²) in [6.07, 6.45) is 1.72. The highest BCUT2D eigenvalue weighted by molar-refractivity contribution is 7.12. The van der Waals surface area contributed by atoms with Crippen molar-refractivity contribution in [1.82, 2.24) is 4.40 Å². The van der Waals surface area contributed by atoms with E-state index in [4.69, 9.17) is 15.2 Å². The summed E-state index contributed by atoms with van der Waals surface area (Å²) in [5.41, 5.74) is 8.04. The number of pyridine rings is 1. The first-order chi connectivity index (χ1) is 14.5. The lowest BCUT2D eigenvalue weighted by Crippen LogP contribution is -2.14. The number of fused-ring (bicyclic) bond motifs is 1. The molecule has 0 spiro atoms. The Bertz CT molecular complexity index is 1240. The maximum Gasteiger partial charge on any atom is 0.259 e. The number of ketones is 1. The molecule has 4 aromatic rings. The smallest absolute Gasteiger partial charge is 0.259 e. The number of ether oxygens (including phenoxy) is 2. The van der Waals surface area contributed by atoms with Gasteiger partial charge in [-0.1, -0.05) is 12.1 Å². The normalized spacial score (nSPS) is 10.7. The molecule has 1 aromatic carbocycles. The van der Waals surface area contributed by atoms with Crippen LogP contribution in [0.3, 0.4) is 0 Å². The Kier molecular flexibility index (Phi) is 5.16. The van der Waals surface area contributed by atoms with Crippen LogP contribution in [0.5, 0.6) is 11.5 Å². The first-order valence-electron chi connectivity index (χ1n) is 9.05. The van der Waals surface area contributed by atoms with Gasteiger partial charge in [-0.2, -0.15) is 0 Å². The summed E-state index contributed by atoms with van der Waals surface area (Å²) in [6, 6.07) is 13.9. The molecule has 0 radical (unpaired) electrons. The number of hydrogen-bond acceptors (Lipinski definition) is 6. The van der Waals surface area contributed by atoms with Crippen LogP contribution in [-0.2, 0) is 0 Å². The molecule has 30 heavy (non-hydrogen) atoms. The molecule has 3 aromatic heterocycles. The van der Waals surface area contributed by atoms with Crippen molar-refractivity contribution in [2.24, 2.45) is 0 Å². The first kappa shape index (κ1) is 19.5. The zero-order chi connectivity index (χ0) is 21.3. The van der Waals surface area contributed by atoms with Gasteiger partial charge in [-0.15, -0.1) is 11.3 Å². The molecule has 1 amide bonds. The average Bonchev–Trinajstić information content (AvgIpc) is 3.39. The van der Waals surface area contributed by atoms with Crippen LogP contribution in [0, 0.1) is 0 Å². The van der Waals surface area contributed by atoms with E-state index >= 15 is 0 Å². The maximum atomic E-state index is 13.1. The van der Waals surface area contributed by atoms with Gasteiger partial charge in [-0.25, -0.2) is 0 Å². The highest BCUT2D eigenvalue weighted by Gasteiger charge is 2.26. The van der Waals surface area contributed by atoms with Gasteiger partial charge in [0.1, 0.15) is 5.69 Å². The van der Waals surface area contributed by atoms with Gasteiger partial charge in [-0.05, 0) is 35.7 Å². The zero-order valence-electron chi connectivity index (χ0n) is 16.3. The number of aromatic nitrogens is 1. The van der Waals surface area contributed by atoms with Gasteiger partial charge in [-0.3, -0.25) is 9.59 Å². The maximum absolute atomic E-state index is 13.1. The van der Waals surface area contributed by atoms with Gasteiger partial charge in [0.25, 0.3) is 5.91 Å². The van der Waals surface area contributed by atoms with Gasteiger partial charge in [0.15, 0.2) is 11.5 Å². The second-order valence-corrected chi connectivity index (χ2v) is 7.37. The molecule has 3 heterocycles. The second kappa shape index (κ2) is 7.92. The molecule has 0 aliphatic heterocycles. The molecule has 0 fully saturated rings. The highest BCUT2D eigenvalue weighted by Crippen LogP contribution is 2.32. The van der Waals surface area contributed by atoms with Gasteiger partial charge in [0.05, 0.1) is 35.9 Å². The van der Waals surface area contributed by atoms with Crippen LogP contribution in [-0.4, -0.2) is 30.3 Å². The number of amides is 1. The highest BCUT2D eigenvalue weighted by atomic mass is 32.1. The van der Waals surface area contributed by atoms with E-state index in [-0.39, 0.29) is 22.7 Å². The van der Waals surface area contributed by atoms with Gasteiger partial charge < -0.3 is 24.9 Å². The Labute approximate surface area is 176 Å². The van der Waals surface area contributed by atoms with E-state index in [9.17, 15) is 9.59 Å². The van der Waals surface area contributed by atoms with Crippen molar-refractivity contribution in [2.75, 3.05) is 25.3 Å². The molecule has 8 heteroatoms. The molecule has 7 nitrogen and oxygen atoms in total. The summed E-state index contributed by atoms with van der Waals surface area (Å²) in [5, 5.41) is 4.65. The molecule has 0 atom stereocenters. The number of anilines is 2. The fraction of sp³-hybridized carbons (Fsp3) is 0.0909. The Morgan fingerprint density at radius 2 is 1.83 bits per heavy atom. The van der Waals surface area contributed by atoms with Crippen LogP contribution in [0.2, 0.25) is 0 Å². The lowest BCUT2D eigenvalue weighted by molar-refractivity contribution is 0.102. The van der Waals surface area contributed by atoms with Crippen molar-refractivity contribution in [3.8, 4) is 11.5 Å². The van der Waals surface area contributed by atoms with Crippen molar-refractivity contribution in [3.63, 3.8) is 0 Å². The quantitative estimate of drug-likeness (QED) is 0.458. The van der Waals surface area contributed by atoms with E-state index in [1.165, 1.54) is 25.6 Å². The number of nitrogens with two attached hydrogens (primary N) is 1. The van der Waals surface area contributed by atoms with E-state index in [0.717, 1.165) is 0 Å². The minimum atomic E-state index is -0.423. The average molecular weight is 421 g/mol. The Balaban J connectivity index is 1.77. The number of nitrogens with one attached hydrogen (secondary N) is 1. The third-order valence-electron chi connectivity index (χ3n) is 4.71. The first-order valence-corrected chi connectivity index (χ1v) is 9.93. The molecule has 4 rings (SSSR count). The van der Waals surface area contributed by atoms with Crippen LogP contribution >= 0.6 is 11.3 Å². The molecule has 0 saturated heterocycles. The van der Waals surface area contributed by atoms with Crippen molar-refractivity contribution >= 4 is 39.9 Å². The SMILES string of the molecule is COc1ccc(NC(=O)c2c(N)c(C(=O)c3cccs3)n3ccccc23)cc1OC. The van der Waals surface area contributed by atoms with Crippen molar-refractivity contribution in [2.45, 2.75) is 0 Å². The minimum absolute atomic E-state index is 0.137. The zero-order valence-corrected chi connectivity index (χ0v) is 17.2. The summed E-state index contributed by atoms with van der Waals surface area (Å²) in [5.74, 6) is 0.384. The van der Waals surface area contributed by atoms with Crippen LogP contribution in [0.25, 0.3) is 5.52 Å². The van der Waals surface area contributed by atoms with Crippen molar-refractivity contribution < 1.29 is 19.1 Å². The Morgan fingerprint density at radius 1 is 1.03 bits per heavy atom. The van der Waals surface area contributed by atoms with Crippen LogP contribution in [0.15, 0.2) is 60.1 Å². The lowest BCUT2D eigenvalue weighted by atomic mass is 10.1. The number of thiophene rings is 1. The van der Waals surface area contributed by atoms with Crippen molar-refractivity contribution in [3.05, 3.63) is 76.2 Å². The molecule has 152 valence electrons. The number of nitrogen functional groups attached to an aromatic ring is 1. The summed E-state index contributed by atoms with van der Waals surface area (Å²) in [7, 11) is 3.06. The predicted molar refractivity (Wildman–Crippen MR) is 117 cm³/mol. The number of hydrogen-bond donors (Lipinski definition) is 2. The molecule has 0 aliphatic rings. The van der Waals surface area contributed by atoms with Crippen LogP contribution < -0.4 is 20.5 Å². The van der Waals surface area contributed by atoms with Crippen molar-refractivity contribution in [1.29, 1.82) is 0 Å². The largest absolute Gasteiger partial charge is 0.493 e. The summed E-state index contributed by atoms with van der Waals surface area (Å²) < 4.78 is 12.2. The summed E-state index contributed by atoms with van der Waals surface area (Å²) in [4.78, 5) is 26.7. The van der Waals surface area contributed by atoms with Gasteiger partial charge in [0.2, 0.25) is 5.78 Å². The van der Waals surface area contributed by atoms with Gasteiger partial charge in [0, 0.05) is 18.0 Å². The van der Waals surface area contributed by atoms with E-state index in [0.29, 0.717) is 27.6 Å². The number of carbonyl (C=O) groups excluding carboxylic acids is 2. The molecule has 3 N–H and O–H groups in total. The number of methoxy groups -OCH3 is 2. The molecular weight excluding hydrogens is 402 g/mol. The van der Waals surface area contributed by atoms with Crippen LogP contribution in [0.4, 0.5) is 11.4 Å². The Hall–Kier alpha value is -3.78. The van der Waals surface area contributed by atoms with E-state index in [1.807, 2.05) is 5.38 Å². The Morgan fingerprint density at radius 3 is 2.53 bits per heavy atom. The standard InChI is InChI=1S/C22H19N3O4S/c1-28-15-9-8-13(12-16(15)29-2)24-22(27)18-14-6-3-4-10-25(14)20(19(18)23)21(26)17-7-5-11-30-17/h3-12H,23H2,1-2H3,(H,24,27). The number of carbonyl (C=O) groups is 2. The summed E-state index contributed by atoms with van der Waals surface area (Å²) in [6.45, 7) is 0. The van der Waals surface area contributed by atoms with Gasteiger partial charge >= 0.3 is 0 Å². The lowest BCUT2D eigenvalue weighted by Gasteiger charge is -2.10. The molecule has 0 unspecified atom stereocenters. The third kappa shape index (κ3) is 3.27. The fourth-order valence-electron chi connectivity index (χ4n) is 3.33. The predicted octanol–water partition coefficient (Wildman–Crippen LogP) is 4.08. The number of rotatable bonds is 6. The summed E-state index contributed by atoms with van der Waals surface area (Å²) >= 11 is 1.33. The third-order valence-corrected chi connectivity index (χ3v) is 5.58. The van der Waals surface area contributed by atoms with E-state index in [2.05, 4.69) is 5.32 Å². The fourth-order valence-corrected chi connectivity index (χ4v) is 3.99. The molecule has 0 saturated carbocycles. The molecular formula is C22H19N3O4S. The van der Waals surface area contributed by atoms with E-state index in [1.54, 1.807) is 59.1 Å². The number of nitrogens with zero attached hydrogens (tertiary/aromatic N) is 1. The second-order valence-electron chi connectivity index (χ2n) is 6.42. The van der Waals surface area contributed by atoms with Crippen LogP contribution in [0.1, 0.15) is 25.7 Å². The molecule has 0 aliphatic carbocycles. The number of benzene rings is 1. The monoisotopic (exact) mass is 421 g/mol.